The molecule has 0 bridgehead atoms. The average Bonchev–Trinajstić information content (AvgIpc) is 3.00. The fourth-order valence-electron chi connectivity index (χ4n) is 2.86. The van der Waals surface area contributed by atoms with Gasteiger partial charge in [-0.25, -0.2) is 0 Å². The number of nitrogens with one attached hydrogen (secondary N) is 2. The van der Waals surface area contributed by atoms with E-state index in [2.05, 4.69) is 62.4 Å². The van der Waals surface area contributed by atoms with Crippen molar-refractivity contribution in [1.82, 2.24) is 15.5 Å². The van der Waals surface area contributed by atoms with Crippen LogP contribution in [0.25, 0.3) is 0 Å². The number of hydrogen-bond acceptors (Lipinski definition) is 5. The molecule has 138 valence electrons. The Balaban J connectivity index is 2.75. The lowest BCUT2D eigenvalue weighted by molar-refractivity contribution is -0.118. The summed E-state index contributed by atoms with van der Waals surface area (Å²) >= 11 is 1.49. The van der Waals surface area contributed by atoms with Gasteiger partial charge in [0.25, 0.3) is 0 Å². The van der Waals surface area contributed by atoms with Crippen molar-refractivity contribution in [3.05, 3.63) is 5.01 Å². The molecule has 1 heterocycles. The Morgan fingerprint density at radius 1 is 1.12 bits per heavy atom. The van der Waals surface area contributed by atoms with Crippen LogP contribution < -0.4 is 10.6 Å². The summed E-state index contributed by atoms with van der Waals surface area (Å²) in [6.07, 6.45) is 6.01. The zero-order chi connectivity index (χ0) is 18.2. The molecule has 5 nitrogen and oxygen atoms in total. The molecular formula is C18H34N4OS. The average molecular weight is 355 g/mol. The van der Waals surface area contributed by atoms with Gasteiger partial charge in [-0.3, -0.25) is 10.1 Å². The minimum Gasteiger partial charge on any atom is -0.303 e. The molecule has 0 radical (unpaired) electrons. The standard InChI is InChI=1S/C18H34N4OS/c1-7-11-14(19-13(9-3)10-4)15(23)20-17-22-21-16(24-17)18(5,6)12-8-2/h13-14,19H,7-12H2,1-6H3,(H,20,22,23). The van der Waals surface area contributed by atoms with Crippen LogP contribution in [-0.4, -0.2) is 28.2 Å². The zero-order valence-corrected chi connectivity index (χ0v) is 16.9. The third kappa shape index (κ3) is 6.13. The summed E-state index contributed by atoms with van der Waals surface area (Å²) in [5, 5.41) is 16.5. The second kappa shape index (κ2) is 10.1. The maximum absolute atomic E-state index is 12.6. The smallest absolute Gasteiger partial charge is 0.243 e. The van der Waals surface area contributed by atoms with E-state index in [1.165, 1.54) is 11.3 Å². The van der Waals surface area contributed by atoms with Gasteiger partial charge in [0.1, 0.15) is 5.01 Å². The van der Waals surface area contributed by atoms with E-state index in [1.807, 2.05) is 0 Å². The minimum atomic E-state index is -0.170. The van der Waals surface area contributed by atoms with Crippen molar-refractivity contribution in [2.24, 2.45) is 0 Å². The first-order valence-electron chi connectivity index (χ1n) is 9.28. The predicted molar refractivity (Wildman–Crippen MR) is 103 cm³/mol. The first kappa shape index (κ1) is 21.0. The van der Waals surface area contributed by atoms with Gasteiger partial charge in [0.15, 0.2) is 0 Å². The molecule has 0 aromatic carbocycles. The molecule has 1 aromatic heterocycles. The number of rotatable bonds is 11. The number of aromatic nitrogens is 2. The Bertz CT molecular complexity index is 497. The molecule has 1 aromatic rings. The van der Waals surface area contributed by atoms with Crippen LogP contribution in [0.15, 0.2) is 0 Å². The van der Waals surface area contributed by atoms with Gasteiger partial charge in [-0.15, -0.1) is 10.2 Å². The van der Waals surface area contributed by atoms with Gasteiger partial charge in [0.05, 0.1) is 6.04 Å². The summed E-state index contributed by atoms with van der Waals surface area (Å²) < 4.78 is 0. The maximum Gasteiger partial charge on any atom is 0.243 e. The lowest BCUT2D eigenvalue weighted by Crippen LogP contribution is -2.45. The molecule has 0 aliphatic heterocycles. The molecule has 1 unspecified atom stereocenters. The fraction of sp³-hybridized carbons (Fsp3) is 0.833. The van der Waals surface area contributed by atoms with Gasteiger partial charge < -0.3 is 5.32 Å². The Morgan fingerprint density at radius 3 is 2.33 bits per heavy atom. The van der Waals surface area contributed by atoms with Gasteiger partial charge in [0.2, 0.25) is 11.0 Å². The van der Waals surface area contributed by atoms with Crippen molar-refractivity contribution in [3.8, 4) is 0 Å². The summed E-state index contributed by atoms with van der Waals surface area (Å²) in [6.45, 7) is 12.9. The Labute approximate surface area is 151 Å². The Morgan fingerprint density at radius 2 is 1.79 bits per heavy atom. The van der Waals surface area contributed by atoms with Crippen molar-refractivity contribution in [3.63, 3.8) is 0 Å². The first-order valence-corrected chi connectivity index (χ1v) is 10.1. The molecule has 1 atom stereocenters. The number of nitrogens with zero attached hydrogens (tertiary/aromatic N) is 2. The van der Waals surface area contributed by atoms with Gasteiger partial charge in [-0.05, 0) is 25.7 Å². The van der Waals surface area contributed by atoms with Crippen molar-refractivity contribution >= 4 is 22.4 Å². The van der Waals surface area contributed by atoms with E-state index in [1.54, 1.807) is 0 Å². The third-order valence-electron chi connectivity index (χ3n) is 4.43. The third-order valence-corrected chi connectivity index (χ3v) is 5.63. The van der Waals surface area contributed by atoms with Crippen LogP contribution in [0.1, 0.15) is 85.1 Å². The molecule has 0 aliphatic rings. The quantitative estimate of drug-likeness (QED) is 0.614. The highest BCUT2D eigenvalue weighted by atomic mass is 32.1. The molecule has 0 saturated carbocycles. The second-order valence-electron chi connectivity index (χ2n) is 7.06. The van der Waals surface area contributed by atoms with Crippen LogP contribution in [0.4, 0.5) is 5.13 Å². The SMILES string of the molecule is CCCC(NC(CC)CC)C(=O)Nc1nnc(C(C)(C)CCC)s1. The molecular weight excluding hydrogens is 320 g/mol. The molecule has 0 saturated heterocycles. The highest BCUT2D eigenvalue weighted by molar-refractivity contribution is 7.15. The van der Waals surface area contributed by atoms with Crippen LogP contribution in [0.5, 0.6) is 0 Å². The summed E-state index contributed by atoms with van der Waals surface area (Å²) in [5.74, 6) is -0.000234. The van der Waals surface area contributed by atoms with E-state index in [0.29, 0.717) is 11.2 Å². The van der Waals surface area contributed by atoms with Crippen molar-refractivity contribution < 1.29 is 4.79 Å². The van der Waals surface area contributed by atoms with Crippen molar-refractivity contribution in [2.75, 3.05) is 5.32 Å². The van der Waals surface area contributed by atoms with Crippen LogP contribution in [-0.2, 0) is 10.2 Å². The molecule has 6 heteroatoms. The minimum absolute atomic E-state index is 0.000234. The second-order valence-corrected chi connectivity index (χ2v) is 8.03. The van der Waals surface area contributed by atoms with Gasteiger partial charge in [0, 0.05) is 11.5 Å². The maximum atomic E-state index is 12.6. The van der Waals surface area contributed by atoms with E-state index in [9.17, 15) is 4.79 Å². The summed E-state index contributed by atoms with van der Waals surface area (Å²) in [4.78, 5) is 12.6. The number of carbonyl (C=O) groups excluding carboxylic acids is 1. The number of anilines is 1. The molecule has 1 rings (SSSR count). The first-order chi connectivity index (χ1) is 11.4. The Kier molecular flexibility index (Phi) is 8.84. The fourth-order valence-corrected chi connectivity index (χ4v) is 3.74. The lowest BCUT2D eigenvalue weighted by Gasteiger charge is -2.23. The topological polar surface area (TPSA) is 66.9 Å². The normalized spacial score (nSPS) is 13.3. The molecule has 0 aliphatic carbocycles. The van der Waals surface area contributed by atoms with Gasteiger partial charge >= 0.3 is 0 Å². The number of hydrogen-bond donors (Lipinski definition) is 2. The zero-order valence-electron chi connectivity index (χ0n) is 16.1. The van der Waals surface area contributed by atoms with Crippen LogP contribution >= 0.6 is 11.3 Å². The summed E-state index contributed by atoms with van der Waals surface area (Å²) in [7, 11) is 0. The summed E-state index contributed by atoms with van der Waals surface area (Å²) in [6, 6.07) is 0.205. The van der Waals surface area contributed by atoms with E-state index < -0.39 is 0 Å². The lowest BCUT2D eigenvalue weighted by atomic mass is 9.89. The van der Waals surface area contributed by atoms with Crippen LogP contribution in [0, 0.1) is 0 Å². The highest BCUT2D eigenvalue weighted by Gasteiger charge is 2.26. The highest BCUT2D eigenvalue weighted by Crippen LogP contribution is 2.32. The van der Waals surface area contributed by atoms with E-state index >= 15 is 0 Å². The van der Waals surface area contributed by atoms with Crippen LogP contribution in [0.2, 0.25) is 0 Å². The van der Waals surface area contributed by atoms with Crippen LogP contribution in [0.3, 0.4) is 0 Å². The van der Waals surface area contributed by atoms with E-state index in [4.69, 9.17) is 0 Å². The predicted octanol–water partition coefficient (Wildman–Crippen LogP) is 4.50. The molecule has 24 heavy (non-hydrogen) atoms. The van der Waals surface area contributed by atoms with Crippen molar-refractivity contribution in [1.29, 1.82) is 0 Å². The molecule has 2 N–H and O–H groups in total. The molecule has 0 fully saturated rings. The Hall–Kier alpha value is -1.01. The largest absolute Gasteiger partial charge is 0.303 e. The number of amides is 1. The molecule has 1 amide bonds. The van der Waals surface area contributed by atoms with Gasteiger partial charge in [-0.2, -0.15) is 0 Å². The van der Waals surface area contributed by atoms with E-state index in [-0.39, 0.29) is 17.4 Å². The number of carbonyl (C=O) groups is 1. The monoisotopic (exact) mass is 354 g/mol. The molecule has 0 spiro atoms. The van der Waals surface area contributed by atoms with Crippen molar-refractivity contribution in [2.45, 2.75) is 97.6 Å². The summed E-state index contributed by atoms with van der Waals surface area (Å²) in [5.41, 5.74) is 0.00593. The van der Waals surface area contributed by atoms with Gasteiger partial charge in [-0.1, -0.05) is 65.7 Å². The van der Waals surface area contributed by atoms with E-state index in [0.717, 1.165) is 43.5 Å².